The minimum absolute atomic E-state index is 0.00732. The van der Waals surface area contributed by atoms with E-state index in [4.69, 9.17) is 4.74 Å². The number of pyridine rings is 1. The molecule has 1 fully saturated rings. The van der Waals surface area contributed by atoms with Crippen molar-refractivity contribution in [2.24, 2.45) is 0 Å². The maximum atomic E-state index is 12.0. The summed E-state index contributed by atoms with van der Waals surface area (Å²) >= 11 is 0. The molecule has 1 N–H and O–H groups in total. The molecule has 3 heterocycles. The van der Waals surface area contributed by atoms with Crippen LogP contribution >= 0.6 is 0 Å². The molecular formula is C16H22N4O2. The van der Waals surface area contributed by atoms with Gasteiger partial charge in [0.2, 0.25) is 5.91 Å². The van der Waals surface area contributed by atoms with E-state index in [1.54, 1.807) is 12.4 Å². The maximum absolute atomic E-state index is 12.0. The van der Waals surface area contributed by atoms with Crippen molar-refractivity contribution in [2.75, 3.05) is 11.9 Å². The molecular weight excluding hydrogens is 280 g/mol. The van der Waals surface area contributed by atoms with Gasteiger partial charge in [0.25, 0.3) is 0 Å². The van der Waals surface area contributed by atoms with Gasteiger partial charge in [-0.15, -0.1) is 0 Å². The highest BCUT2D eigenvalue weighted by Gasteiger charge is 2.17. The largest absolute Gasteiger partial charge is 0.378 e. The second kappa shape index (κ2) is 6.44. The number of ether oxygens (including phenoxy) is 1. The van der Waals surface area contributed by atoms with E-state index in [0.29, 0.717) is 12.1 Å². The fourth-order valence-electron chi connectivity index (χ4n) is 2.77. The lowest BCUT2D eigenvalue weighted by molar-refractivity contribution is -0.116. The molecule has 0 bridgehead atoms. The zero-order valence-corrected chi connectivity index (χ0v) is 13.1. The Kier molecular flexibility index (Phi) is 4.38. The molecule has 0 unspecified atom stereocenters. The third kappa shape index (κ3) is 3.27. The Balaban J connectivity index is 1.62. The molecule has 118 valence electrons. The molecule has 6 nitrogen and oxygen atoms in total. The zero-order chi connectivity index (χ0) is 15.5. The molecule has 22 heavy (non-hydrogen) atoms. The SMILES string of the molecule is CC(C)n1ncc2cc(NC(=O)CC[C@H]3CCCO3)cnc21. The van der Waals surface area contributed by atoms with Crippen LogP contribution in [0.3, 0.4) is 0 Å². The summed E-state index contributed by atoms with van der Waals surface area (Å²) in [4.78, 5) is 16.4. The Labute approximate surface area is 129 Å². The number of rotatable bonds is 5. The predicted molar refractivity (Wildman–Crippen MR) is 84.8 cm³/mol. The molecule has 2 aromatic heterocycles. The number of aromatic nitrogens is 3. The number of anilines is 1. The second-order valence-corrected chi connectivity index (χ2v) is 6.04. The average Bonchev–Trinajstić information content (AvgIpc) is 3.14. The highest BCUT2D eigenvalue weighted by atomic mass is 16.5. The minimum atomic E-state index is 0.00732. The van der Waals surface area contributed by atoms with Crippen molar-refractivity contribution in [3.63, 3.8) is 0 Å². The van der Waals surface area contributed by atoms with Crippen LogP contribution in [0.1, 0.15) is 45.6 Å². The first-order valence-corrected chi connectivity index (χ1v) is 7.88. The van der Waals surface area contributed by atoms with Gasteiger partial charge in [-0.2, -0.15) is 5.10 Å². The first-order chi connectivity index (χ1) is 10.6. The molecule has 0 radical (unpaired) electrons. The van der Waals surface area contributed by atoms with E-state index in [2.05, 4.69) is 29.2 Å². The lowest BCUT2D eigenvalue weighted by Crippen LogP contribution is -2.15. The molecule has 0 aromatic carbocycles. The van der Waals surface area contributed by atoms with Crippen LogP contribution in [0, 0.1) is 0 Å². The summed E-state index contributed by atoms with van der Waals surface area (Å²) < 4.78 is 7.41. The Morgan fingerprint density at radius 1 is 1.50 bits per heavy atom. The molecule has 1 atom stereocenters. The summed E-state index contributed by atoms with van der Waals surface area (Å²) in [6.45, 7) is 4.95. The van der Waals surface area contributed by atoms with Crippen LogP contribution in [0.5, 0.6) is 0 Å². The van der Waals surface area contributed by atoms with Gasteiger partial charge < -0.3 is 10.1 Å². The number of nitrogens with zero attached hydrogens (tertiary/aromatic N) is 3. The molecule has 0 aliphatic carbocycles. The van der Waals surface area contributed by atoms with Crippen molar-refractivity contribution in [3.8, 4) is 0 Å². The smallest absolute Gasteiger partial charge is 0.224 e. The summed E-state index contributed by atoms with van der Waals surface area (Å²) in [6, 6.07) is 2.18. The quantitative estimate of drug-likeness (QED) is 0.922. The maximum Gasteiger partial charge on any atom is 0.224 e. The van der Waals surface area contributed by atoms with E-state index >= 15 is 0 Å². The van der Waals surface area contributed by atoms with Crippen LogP contribution in [0.15, 0.2) is 18.5 Å². The monoisotopic (exact) mass is 302 g/mol. The van der Waals surface area contributed by atoms with E-state index in [9.17, 15) is 4.79 Å². The molecule has 3 rings (SSSR count). The van der Waals surface area contributed by atoms with Crippen LogP contribution in [-0.2, 0) is 9.53 Å². The van der Waals surface area contributed by atoms with Crippen molar-refractivity contribution < 1.29 is 9.53 Å². The molecule has 1 aliphatic rings. The Hall–Kier alpha value is -1.95. The number of hydrogen-bond donors (Lipinski definition) is 1. The second-order valence-electron chi connectivity index (χ2n) is 6.04. The number of fused-ring (bicyclic) bond motifs is 1. The third-order valence-electron chi connectivity index (χ3n) is 3.92. The summed E-state index contributed by atoms with van der Waals surface area (Å²) in [5.41, 5.74) is 1.56. The van der Waals surface area contributed by atoms with E-state index in [1.807, 2.05) is 10.7 Å². The summed E-state index contributed by atoms with van der Waals surface area (Å²) in [7, 11) is 0. The normalized spacial score (nSPS) is 18.2. The topological polar surface area (TPSA) is 69.0 Å². The molecule has 2 aromatic rings. The van der Waals surface area contributed by atoms with Gasteiger partial charge in [-0.25, -0.2) is 9.67 Å². The summed E-state index contributed by atoms with van der Waals surface area (Å²) in [5.74, 6) is 0.00732. The van der Waals surface area contributed by atoms with E-state index in [1.165, 1.54) is 0 Å². The van der Waals surface area contributed by atoms with Crippen LogP contribution in [0.2, 0.25) is 0 Å². The predicted octanol–water partition coefficient (Wildman–Crippen LogP) is 2.91. The summed E-state index contributed by atoms with van der Waals surface area (Å²) in [5, 5.41) is 8.17. The van der Waals surface area contributed by atoms with Crippen molar-refractivity contribution in [1.82, 2.24) is 14.8 Å². The van der Waals surface area contributed by atoms with E-state index in [-0.39, 0.29) is 18.1 Å². The number of amides is 1. The van der Waals surface area contributed by atoms with Crippen molar-refractivity contribution in [1.29, 1.82) is 0 Å². The fraction of sp³-hybridized carbons (Fsp3) is 0.562. The van der Waals surface area contributed by atoms with Gasteiger partial charge >= 0.3 is 0 Å². The van der Waals surface area contributed by atoms with Gasteiger partial charge in [0.15, 0.2) is 5.65 Å². The van der Waals surface area contributed by atoms with Crippen LogP contribution in [0.4, 0.5) is 5.69 Å². The lowest BCUT2D eigenvalue weighted by atomic mass is 10.1. The number of nitrogens with one attached hydrogen (secondary N) is 1. The highest BCUT2D eigenvalue weighted by Crippen LogP contribution is 2.20. The van der Waals surface area contributed by atoms with Crippen LogP contribution < -0.4 is 5.32 Å². The number of carbonyl (C=O) groups excluding carboxylic acids is 1. The van der Waals surface area contributed by atoms with E-state index < -0.39 is 0 Å². The number of hydrogen-bond acceptors (Lipinski definition) is 4. The average molecular weight is 302 g/mol. The van der Waals surface area contributed by atoms with Crippen molar-refractivity contribution in [2.45, 2.75) is 51.7 Å². The lowest BCUT2D eigenvalue weighted by Gasteiger charge is -2.10. The highest BCUT2D eigenvalue weighted by molar-refractivity contribution is 5.92. The molecule has 1 aliphatic heterocycles. The van der Waals surface area contributed by atoms with Gasteiger partial charge in [-0.05, 0) is 39.2 Å². The van der Waals surface area contributed by atoms with Gasteiger partial charge in [0.1, 0.15) is 0 Å². The Bertz CT molecular complexity index is 659. The molecule has 0 saturated carbocycles. The Morgan fingerprint density at radius 2 is 2.36 bits per heavy atom. The van der Waals surface area contributed by atoms with Gasteiger partial charge in [-0.1, -0.05) is 0 Å². The standard InChI is InChI=1S/C16H22N4O2/c1-11(2)20-16-12(9-18-20)8-13(10-17-16)19-15(21)6-5-14-4-3-7-22-14/h8-11,14H,3-7H2,1-2H3,(H,19,21)/t14-/m1/s1. The third-order valence-corrected chi connectivity index (χ3v) is 3.92. The Morgan fingerprint density at radius 3 is 3.09 bits per heavy atom. The van der Waals surface area contributed by atoms with Crippen LogP contribution in [-0.4, -0.2) is 33.4 Å². The first kappa shape index (κ1) is 15.0. The number of carbonyl (C=O) groups is 1. The van der Waals surface area contributed by atoms with Gasteiger partial charge in [0.05, 0.1) is 24.2 Å². The summed E-state index contributed by atoms with van der Waals surface area (Å²) in [6.07, 6.45) is 7.15. The minimum Gasteiger partial charge on any atom is -0.378 e. The first-order valence-electron chi connectivity index (χ1n) is 7.88. The van der Waals surface area contributed by atoms with Crippen LogP contribution in [0.25, 0.3) is 11.0 Å². The molecule has 0 spiro atoms. The molecule has 6 heteroatoms. The van der Waals surface area contributed by atoms with Crippen molar-refractivity contribution >= 4 is 22.6 Å². The van der Waals surface area contributed by atoms with Gasteiger partial charge in [-0.3, -0.25) is 4.79 Å². The molecule has 1 saturated heterocycles. The van der Waals surface area contributed by atoms with Crippen molar-refractivity contribution in [3.05, 3.63) is 18.5 Å². The van der Waals surface area contributed by atoms with E-state index in [0.717, 1.165) is 36.9 Å². The zero-order valence-electron chi connectivity index (χ0n) is 13.1. The molecule has 1 amide bonds. The van der Waals surface area contributed by atoms with Gasteiger partial charge in [0, 0.05) is 24.5 Å². The fourth-order valence-corrected chi connectivity index (χ4v) is 2.77.